The van der Waals surface area contributed by atoms with Crippen LogP contribution in [0.3, 0.4) is 0 Å². The maximum absolute atomic E-state index is 12.2. The van der Waals surface area contributed by atoms with Crippen molar-refractivity contribution in [2.45, 2.75) is 12.8 Å². The van der Waals surface area contributed by atoms with Gasteiger partial charge in [0.25, 0.3) is 5.91 Å². The maximum Gasteiger partial charge on any atom is 0.279 e. The Morgan fingerprint density at radius 1 is 1.12 bits per heavy atom. The Bertz CT molecular complexity index is 777. The zero-order valence-corrected chi connectivity index (χ0v) is 15.2. The van der Waals surface area contributed by atoms with Gasteiger partial charge in [-0.15, -0.1) is 11.3 Å². The van der Waals surface area contributed by atoms with Crippen LogP contribution >= 0.6 is 27.3 Å². The molecular weight excluding hydrogens is 396 g/mol. The minimum Gasteiger partial charge on any atom is -0.486 e. The standard InChI is InChI=1S/C16H15BrN2O4S/c1-9(10-2-3-11-12(8-10)23-7-6-22-11)15(20)18-19-16(21)13-4-5-14(17)24-13/h2-5,8-9H,6-7H2,1H3,(H,18,20)(H,19,21). The number of thiophene rings is 1. The second kappa shape index (κ2) is 7.23. The Morgan fingerprint density at radius 3 is 2.58 bits per heavy atom. The lowest BCUT2D eigenvalue weighted by molar-refractivity contribution is -0.123. The second-order valence-electron chi connectivity index (χ2n) is 5.17. The average Bonchev–Trinajstić information content (AvgIpc) is 3.04. The summed E-state index contributed by atoms with van der Waals surface area (Å²) in [6.07, 6.45) is 0. The third-order valence-corrected chi connectivity index (χ3v) is 5.18. The zero-order chi connectivity index (χ0) is 17.1. The SMILES string of the molecule is CC(C(=O)NNC(=O)c1ccc(Br)s1)c1ccc2c(c1)OCCO2. The highest BCUT2D eigenvalue weighted by atomic mass is 79.9. The molecule has 2 aromatic rings. The molecule has 8 heteroatoms. The molecule has 0 radical (unpaired) electrons. The summed E-state index contributed by atoms with van der Waals surface area (Å²) >= 11 is 4.58. The fourth-order valence-corrected chi connectivity index (χ4v) is 3.49. The predicted molar refractivity (Wildman–Crippen MR) is 93.5 cm³/mol. The fourth-order valence-electron chi connectivity index (χ4n) is 2.21. The van der Waals surface area contributed by atoms with E-state index >= 15 is 0 Å². The van der Waals surface area contributed by atoms with E-state index in [2.05, 4.69) is 26.8 Å². The molecule has 126 valence electrons. The smallest absolute Gasteiger partial charge is 0.279 e. The molecule has 0 spiro atoms. The van der Waals surface area contributed by atoms with E-state index in [0.717, 1.165) is 9.35 Å². The van der Waals surface area contributed by atoms with Crippen LogP contribution in [0.25, 0.3) is 0 Å². The molecule has 1 aliphatic rings. The quantitative estimate of drug-likeness (QED) is 0.762. The van der Waals surface area contributed by atoms with E-state index in [1.54, 1.807) is 31.2 Å². The van der Waals surface area contributed by atoms with Gasteiger partial charge in [-0.2, -0.15) is 0 Å². The average molecular weight is 411 g/mol. The number of hydrazine groups is 1. The van der Waals surface area contributed by atoms with Gasteiger partial charge in [0.2, 0.25) is 5.91 Å². The normalized spacial score (nSPS) is 13.9. The molecule has 1 aliphatic heterocycles. The Morgan fingerprint density at radius 2 is 1.88 bits per heavy atom. The molecule has 6 nitrogen and oxygen atoms in total. The first-order chi connectivity index (χ1) is 11.5. The van der Waals surface area contributed by atoms with Crippen molar-refractivity contribution >= 4 is 39.1 Å². The highest BCUT2D eigenvalue weighted by molar-refractivity contribution is 9.11. The molecule has 2 heterocycles. The van der Waals surface area contributed by atoms with Crippen molar-refractivity contribution in [2.24, 2.45) is 0 Å². The third-order valence-electron chi connectivity index (χ3n) is 3.56. The van der Waals surface area contributed by atoms with E-state index in [1.165, 1.54) is 11.3 Å². The molecule has 1 atom stereocenters. The molecular formula is C16H15BrN2O4S. The van der Waals surface area contributed by atoms with Crippen LogP contribution in [-0.4, -0.2) is 25.0 Å². The molecule has 3 rings (SSSR count). The number of amides is 2. The molecule has 24 heavy (non-hydrogen) atoms. The molecule has 1 aromatic carbocycles. The number of nitrogens with one attached hydrogen (secondary N) is 2. The van der Waals surface area contributed by atoms with Crippen LogP contribution in [0.1, 0.15) is 28.1 Å². The minimum atomic E-state index is -0.448. The van der Waals surface area contributed by atoms with Gasteiger partial charge in [0.15, 0.2) is 11.5 Å². The molecule has 0 saturated carbocycles. The van der Waals surface area contributed by atoms with Gasteiger partial charge in [0.05, 0.1) is 14.6 Å². The van der Waals surface area contributed by atoms with Crippen LogP contribution in [0.5, 0.6) is 11.5 Å². The summed E-state index contributed by atoms with van der Waals surface area (Å²) in [4.78, 5) is 24.7. The molecule has 1 aromatic heterocycles. The summed E-state index contributed by atoms with van der Waals surface area (Å²) in [6, 6.07) is 8.85. The molecule has 2 amide bonds. The van der Waals surface area contributed by atoms with Gasteiger partial charge in [-0.05, 0) is 52.7 Å². The minimum absolute atomic E-state index is 0.310. The van der Waals surface area contributed by atoms with Crippen molar-refractivity contribution in [3.8, 4) is 11.5 Å². The van der Waals surface area contributed by atoms with Crippen LogP contribution in [-0.2, 0) is 4.79 Å². The van der Waals surface area contributed by atoms with E-state index in [9.17, 15) is 9.59 Å². The molecule has 2 N–H and O–H groups in total. The second-order valence-corrected chi connectivity index (χ2v) is 7.63. The molecule has 0 aliphatic carbocycles. The van der Waals surface area contributed by atoms with Gasteiger partial charge in [0, 0.05) is 0 Å². The van der Waals surface area contributed by atoms with Crippen LogP contribution in [0, 0.1) is 0 Å². The topological polar surface area (TPSA) is 76.7 Å². The third kappa shape index (κ3) is 3.70. The van der Waals surface area contributed by atoms with Gasteiger partial charge in [-0.3, -0.25) is 20.4 Å². The molecule has 0 saturated heterocycles. The number of hydrogen-bond donors (Lipinski definition) is 2. The number of carbonyl (C=O) groups is 2. The van der Waals surface area contributed by atoms with Gasteiger partial charge >= 0.3 is 0 Å². The largest absolute Gasteiger partial charge is 0.486 e. The van der Waals surface area contributed by atoms with Gasteiger partial charge in [-0.25, -0.2) is 0 Å². The van der Waals surface area contributed by atoms with Gasteiger partial charge in [0.1, 0.15) is 13.2 Å². The van der Waals surface area contributed by atoms with E-state index in [-0.39, 0.29) is 11.8 Å². The fraction of sp³-hybridized carbons (Fsp3) is 0.250. The monoisotopic (exact) mass is 410 g/mol. The first-order valence-electron chi connectivity index (χ1n) is 7.29. The van der Waals surface area contributed by atoms with E-state index in [1.807, 2.05) is 6.07 Å². The Balaban J connectivity index is 1.61. The van der Waals surface area contributed by atoms with Crippen LogP contribution in [0.2, 0.25) is 0 Å². The van der Waals surface area contributed by atoms with Gasteiger partial charge < -0.3 is 9.47 Å². The summed E-state index contributed by atoms with van der Waals surface area (Å²) in [5.41, 5.74) is 5.65. The summed E-state index contributed by atoms with van der Waals surface area (Å²) in [5.74, 6) is 0.195. The summed E-state index contributed by atoms with van der Waals surface area (Å²) in [5, 5.41) is 0. The molecule has 1 unspecified atom stereocenters. The first-order valence-corrected chi connectivity index (χ1v) is 8.90. The Hall–Kier alpha value is -2.06. The van der Waals surface area contributed by atoms with E-state index in [0.29, 0.717) is 29.6 Å². The Kier molecular flexibility index (Phi) is 5.06. The van der Waals surface area contributed by atoms with E-state index in [4.69, 9.17) is 9.47 Å². The van der Waals surface area contributed by atoms with Crippen LogP contribution in [0.15, 0.2) is 34.1 Å². The predicted octanol–water partition coefficient (Wildman–Crippen LogP) is 2.85. The Labute approximate surface area is 151 Å². The summed E-state index contributed by atoms with van der Waals surface area (Å²) < 4.78 is 11.8. The number of rotatable bonds is 3. The van der Waals surface area contributed by atoms with Crippen LogP contribution in [0.4, 0.5) is 0 Å². The molecule has 0 fully saturated rings. The highest BCUT2D eigenvalue weighted by Crippen LogP contribution is 2.33. The van der Waals surface area contributed by atoms with Crippen molar-refractivity contribution in [3.63, 3.8) is 0 Å². The molecule has 0 bridgehead atoms. The first kappa shape index (κ1) is 16.8. The summed E-state index contributed by atoms with van der Waals surface area (Å²) in [7, 11) is 0. The van der Waals surface area contributed by atoms with Crippen molar-refractivity contribution in [1.82, 2.24) is 10.9 Å². The lowest BCUT2D eigenvalue weighted by atomic mass is 10.00. The number of ether oxygens (including phenoxy) is 2. The van der Waals surface area contributed by atoms with Crippen LogP contribution < -0.4 is 20.3 Å². The summed E-state index contributed by atoms with van der Waals surface area (Å²) in [6.45, 7) is 2.77. The number of hydrogen-bond acceptors (Lipinski definition) is 5. The maximum atomic E-state index is 12.2. The zero-order valence-electron chi connectivity index (χ0n) is 12.8. The number of halogens is 1. The number of benzene rings is 1. The number of fused-ring (bicyclic) bond motifs is 1. The highest BCUT2D eigenvalue weighted by Gasteiger charge is 2.20. The van der Waals surface area contributed by atoms with E-state index < -0.39 is 5.92 Å². The van der Waals surface area contributed by atoms with Gasteiger partial charge in [-0.1, -0.05) is 6.07 Å². The van der Waals surface area contributed by atoms with Crippen molar-refractivity contribution in [2.75, 3.05) is 13.2 Å². The van der Waals surface area contributed by atoms with Crippen molar-refractivity contribution in [3.05, 3.63) is 44.6 Å². The van der Waals surface area contributed by atoms with Crippen molar-refractivity contribution in [1.29, 1.82) is 0 Å². The lowest BCUT2D eigenvalue weighted by Crippen LogP contribution is -2.43. The lowest BCUT2D eigenvalue weighted by Gasteiger charge is -2.20. The van der Waals surface area contributed by atoms with Crippen molar-refractivity contribution < 1.29 is 19.1 Å². The number of carbonyl (C=O) groups excluding carboxylic acids is 2.